The highest BCUT2D eigenvalue weighted by molar-refractivity contribution is 5.87. The normalized spacial score (nSPS) is 12.1. The highest BCUT2D eigenvalue weighted by Gasteiger charge is 2.22. The zero-order valence-corrected chi connectivity index (χ0v) is 21.0. The van der Waals surface area contributed by atoms with Crippen LogP contribution in [0.3, 0.4) is 0 Å². The Morgan fingerprint density at radius 3 is 1.50 bits per heavy atom. The molecule has 0 aliphatic rings. The molecule has 0 saturated heterocycles. The van der Waals surface area contributed by atoms with Crippen LogP contribution in [-0.2, 0) is 38.0 Å². The number of aliphatic hydroxyl groups is 1. The molecule has 0 unspecified atom stereocenters. The fourth-order valence-electron chi connectivity index (χ4n) is 2.53. The average Bonchev–Trinajstić information content (AvgIpc) is 2.82. The largest absolute Gasteiger partial charge is 0.381 e. The monoisotopic (exact) mass is 495 g/mol. The first-order valence-corrected chi connectivity index (χ1v) is 11.8. The number of aliphatic hydroxyl groups excluding tert-OH is 1. The molecule has 34 heavy (non-hydrogen) atoms. The number of nitrogens with one attached hydrogen (secondary N) is 3. The lowest BCUT2D eigenvalue weighted by molar-refractivity contribution is -0.130. The van der Waals surface area contributed by atoms with E-state index in [1.54, 1.807) is 7.05 Å². The Labute approximate surface area is 203 Å². The highest BCUT2D eigenvalue weighted by Crippen LogP contribution is 2.02. The highest BCUT2D eigenvalue weighted by atomic mass is 16.6. The molecule has 0 bridgehead atoms. The Kier molecular flexibility index (Phi) is 23.7. The maximum Gasteiger partial charge on any atom is 0.242 e. The van der Waals surface area contributed by atoms with E-state index < -0.39 is 6.04 Å². The molecular weight excluding hydrogens is 450 g/mol. The van der Waals surface area contributed by atoms with Crippen molar-refractivity contribution in [2.45, 2.75) is 26.3 Å². The summed E-state index contributed by atoms with van der Waals surface area (Å²) in [4.78, 5) is 23.7. The molecule has 4 N–H and O–H groups in total. The number of carbonyl (C=O) groups is 2. The van der Waals surface area contributed by atoms with Crippen LogP contribution in [0.25, 0.3) is 0 Å². The zero-order valence-electron chi connectivity index (χ0n) is 21.0. The van der Waals surface area contributed by atoms with Gasteiger partial charge in [0, 0.05) is 20.0 Å². The topological polar surface area (TPSA) is 146 Å². The van der Waals surface area contributed by atoms with Gasteiger partial charge in [0.15, 0.2) is 0 Å². The summed E-state index contributed by atoms with van der Waals surface area (Å²) in [5.41, 5.74) is 0. The second kappa shape index (κ2) is 24.7. The third-order valence-corrected chi connectivity index (χ3v) is 4.38. The number of ether oxygens (including phenoxy) is 6. The van der Waals surface area contributed by atoms with Gasteiger partial charge in [0.1, 0.15) is 6.04 Å². The van der Waals surface area contributed by atoms with Gasteiger partial charge in [-0.2, -0.15) is 0 Å². The SMILES string of the molecule is CNC(=O)[C@@H](NC(=O)CCOCCOCCOCCOCCOCCOCCNCO)C(C)C. The van der Waals surface area contributed by atoms with Gasteiger partial charge < -0.3 is 44.2 Å². The number of likely N-dealkylation sites (N-methyl/N-ethyl adjacent to an activating group) is 1. The molecule has 12 nitrogen and oxygen atoms in total. The summed E-state index contributed by atoms with van der Waals surface area (Å²) in [7, 11) is 1.55. The molecule has 2 amide bonds. The molecule has 1 atom stereocenters. The van der Waals surface area contributed by atoms with Crippen LogP contribution in [0.5, 0.6) is 0 Å². The molecule has 0 aliphatic carbocycles. The lowest BCUT2D eigenvalue weighted by Gasteiger charge is -2.20. The maximum atomic E-state index is 11.9. The van der Waals surface area contributed by atoms with Crippen molar-refractivity contribution >= 4 is 11.8 Å². The molecule has 12 heteroatoms. The van der Waals surface area contributed by atoms with Crippen molar-refractivity contribution in [1.29, 1.82) is 0 Å². The minimum absolute atomic E-state index is 0.00335. The van der Waals surface area contributed by atoms with Crippen molar-refractivity contribution in [3.8, 4) is 0 Å². The van der Waals surface area contributed by atoms with Crippen LogP contribution >= 0.6 is 0 Å². The molecule has 0 aromatic heterocycles. The van der Waals surface area contributed by atoms with Crippen molar-refractivity contribution in [1.82, 2.24) is 16.0 Å². The van der Waals surface area contributed by atoms with Crippen molar-refractivity contribution in [3.63, 3.8) is 0 Å². The molecule has 0 aromatic rings. The molecule has 0 aliphatic heterocycles. The van der Waals surface area contributed by atoms with E-state index in [0.29, 0.717) is 79.2 Å². The van der Waals surface area contributed by atoms with Crippen molar-refractivity contribution in [2.75, 3.05) is 99.6 Å². The smallest absolute Gasteiger partial charge is 0.242 e. The zero-order chi connectivity index (χ0) is 25.3. The van der Waals surface area contributed by atoms with Crippen LogP contribution in [0.15, 0.2) is 0 Å². The maximum absolute atomic E-state index is 11.9. The number of amides is 2. The fourth-order valence-corrected chi connectivity index (χ4v) is 2.53. The summed E-state index contributed by atoms with van der Waals surface area (Å²) in [6.07, 6.45) is 0.186. The van der Waals surface area contributed by atoms with Gasteiger partial charge in [-0.3, -0.25) is 14.9 Å². The van der Waals surface area contributed by atoms with E-state index in [-0.39, 0.29) is 37.5 Å². The number of hydrogen-bond donors (Lipinski definition) is 4. The molecular formula is C22H45N3O9. The number of hydrogen-bond acceptors (Lipinski definition) is 10. The van der Waals surface area contributed by atoms with Crippen LogP contribution < -0.4 is 16.0 Å². The van der Waals surface area contributed by atoms with Gasteiger partial charge in [-0.15, -0.1) is 0 Å². The second-order valence-corrected chi connectivity index (χ2v) is 7.49. The van der Waals surface area contributed by atoms with E-state index in [9.17, 15) is 9.59 Å². The molecule has 202 valence electrons. The van der Waals surface area contributed by atoms with Crippen LogP contribution in [0.1, 0.15) is 20.3 Å². The van der Waals surface area contributed by atoms with Crippen molar-refractivity contribution < 1.29 is 43.1 Å². The van der Waals surface area contributed by atoms with E-state index in [4.69, 9.17) is 33.5 Å². The molecule has 0 rings (SSSR count). The Hall–Kier alpha value is -1.38. The van der Waals surface area contributed by atoms with Gasteiger partial charge in [0.25, 0.3) is 0 Å². The predicted molar refractivity (Wildman–Crippen MR) is 125 cm³/mol. The van der Waals surface area contributed by atoms with Crippen molar-refractivity contribution in [2.24, 2.45) is 5.92 Å². The van der Waals surface area contributed by atoms with E-state index in [2.05, 4.69) is 16.0 Å². The Morgan fingerprint density at radius 1 is 0.706 bits per heavy atom. The van der Waals surface area contributed by atoms with E-state index >= 15 is 0 Å². The van der Waals surface area contributed by atoms with Gasteiger partial charge in [0.05, 0.1) is 86.0 Å². The van der Waals surface area contributed by atoms with E-state index in [1.165, 1.54) is 0 Å². The summed E-state index contributed by atoms with van der Waals surface area (Å²) >= 11 is 0. The lowest BCUT2D eigenvalue weighted by Crippen LogP contribution is -2.48. The standard InChI is InChI=1S/C22H45N3O9/c1-19(2)21(22(28)23-3)25-20(27)4-6-29-8-10-31-12-14-33-16-17-34-15-13-32-11-9-30-7-5-24-18-26/h19,21,24,26H,4-18H2,1-3H3,(H,23,28)(H,25,27)/t21-/m0/s1. The summed E-state index contributed by atoms with van der Waals surface area (Å²) in [5, 5.41) is 16.5. The first kappa shape index (κ1) is 32.6. The summed E-state index contributed by atoms with van der Waals surface area (Å²) in [6, 6.07) is -0.545. The summed E-state index contributed by atoms with van der Waals surface area (Å²) < 4.78 is 32.2. The fraction of sp³-hybridized carbons (Fsp3) is 0.909. The van der Waals surface area contributed by atoms with E-state index in [1.807, 2.05) is 13.8 Å². The van der Waals surface area contributed by atoms with Crippen molar-refractivity contribution in [3.05, 3.63) is 0 Å². The Balaban J connectivity index is 3.31. The molecule has 0 spiro atoms. The second-order valence-electron chi connectivity index (χ2n) is 7.49. The first-order chi connectivity index (χ1) is 16.5. The van der Waals surface area contributed by atoms with Crippen LogP contribution in [0.4, 0.5) is 0 Å². The van der Waals surface area contributed by atoms with Gasteiger partial charge in [-0.1, -0.05) is 13.8 Å². The van der Waals surface area contributed by atoms with E-state index in [0.717, 1.165) is 0 Å². The third kappa shape index (κ3) is 21.2. The average molecular weight is 496 g/mol. The van der Waals surface area contributed by atoms with Gasteiger partial charge >= 0.3 is 0 Å². The molecule has 0 saturated carbocycles. The van der Waals surface area contributed by atoms with Gasteiger partial charge in [-0.05, 0) is 5.92 Å². The minimum atomic E-state index is -0.545. The number of carbonyl (C=O) groups excluding carboxylic acids is 2. The molecule has 0 heterocycles. The summed E-state index contributed by atoms with van der Waals surface area (Å²) in [6.45, 7) is 9.77. The predicted octanol–water partition coefficient (Wildman–Crippen LogP) is -1.10. The molecule has 0 fully saturated rings. The lowest BCUT2D eigenvalue weighted by atomic mass is 10.0. The molecule has 0 aromatic carbocycles. The van der Waals surface area contributed by atoms with Gasteiger partial charge in [-0.25, -0.2) is 0 Å². The van der Waals surface area contributed by atoms with Gasteiger partial charge in [0.2, 0.25) is 11.8 Å². The third-order valence-electron chi connectivity index (χ3n) is 4.38. The minimum Gasteiger partial charge on any atom is -0.381 e. The molecule has 0 radical (unpaired) electrons. The van der Waals surface area contributed by atoms with Crippen LogP contribution in [-0.4, -0.2) is 123 Å². The van der Waals surface area contributed by atoms with Crippen LogP contribution in [0.2, 0.25) is 0 Å². The number of rotatable bonds is 25. The summed E-state index contributed by atoms with van der Waals surface area (Å²) in [5.74, 6) is -0.423. The first-order valence-electron chi connectivity index (χ1n) is 11.8. The Morgan fingerprint density at radius 2 is 1.12 bits per heavy atom. The van der Waals surface area contributed by atoms with Crippen LogP contribution in [0, 0.1) is 5.92 Å². The quantitative estimate of drug-likeness (QED) is 0.0909. The Bertz CT molecular complexity index is 485.